The molecule has 1 aliphatic carbocycles. The Morgan fingerprint density at radius 2 is 1.84 bits per heavy atom. The van der Waals surface area contributed by atoms with Gasteiger partial charge in [-0.15, -0.1) is 0 Å². The van der Waals surface area contributed by atoms with E-state index in [-0.39, 0.29) is 12.1 Å². The number of aromatic nitrogens is 1. The van der Waals surface area contributed by atoms with Crippen LogP contribution in [0.2, 0.25) is 0 Å². The van der Waals surface area contributed by atoms with E-state index >= 15 is 0 Å². The van der Waals surface area contributed by atoms with Gasteiger partial charge in [0.2, 0.25) is 0 Å². The predicted molar refractivity (Wildman–Crippen MR) is 93.5 cm³/mol. The normalized spacial score (nSPS) is 32.8. The molecule has 0 amide bonds. The molecule has 4 rings (SSSR count). The first-order chi connectivity index (χ1) is 11.8. The lowest BCUT2D eigenvalue weighted by atomic mass is 9.70. The molecule has 1 aromatic rings. The van der Waals surface area contributed by atoms with Gasteiger partial charge in [-0.05, 0) is 55.6 Å². The maximum absolute atomic E-state index is 12.9. The molecule has 1 saturated carbocycles. The van der Waals surface area contributed by atoms with Gasteiger partial charge in [0, 0.05) is 29.9 Å². The summed E-state index contributed by atoms with van der Waals surface area (Å²) >= 11 is 5.43. The molecular formula is C18H22F3N3S. The maximum atomic E-state index is 12.9. The molecule has 7 heteroatoms. The Morgan fingerprint density at radius 1 is 1.20 bits per heavy atom. The minimum atomic E-state index is -4.17. The molecule has 0 spiro atoms. The SMILES string of the molecule is NC(=S)[C@@]1(c2cncc(C3CC3)c2)C[C@H]2CC[C@@H](C1)N2CC(F)(F)F. The van der Waals surface area contributed by atoms with Crippen LogP contribution in [0.25, 0.3) is 0 Å². The Morgan fingerprint density at radius 3 is 2.36 bits per heavy atom. The van der Waals surface area contributed by atoms with Gasteiger partial charge in [-0.25, -0.2) is 0 Å². The van der Waals surface area contributed by atoms with Crippen molar-refractivity contribution in [1.29, 1.82) is 0 Å². The number of halogens is 3. The Hall–Kier alpha value is -1.21. The van der Waals surface area contributed by atoms with Gasteiger partial charge in [0.15, 0.2) is 0 Å². The topological polar surface area (TPSA) is 42.1 Å². The first-order valence-corrected chi connectivity index (χ1v) is 9.27. The highest BCUT2D eigenvalue weighted by Gasteiger charge is 2.53. The summed E-state index contributed by atoms with van der Waals surface area (Å²) in [6.45, 7) is -0.837. The number of thiocarbonyl (C=S) groups is 1. The van der Waals surface area contributed by atoms with E-state index in [0.29, 0.717) is 23.7 Å². The Labute approximate surface area is 150 Å². The van der Waals surface area contributed by atoms with Crippen LogP contribution in [0.3, 0.4) is 0 Å². The highest BCUT2D eigenvalue weighted by Crippen LogP contribution is 2.49. The van der Waals surface area contributed by atoms with Crippen molar-refractivity contribution in [2.45, 2.75) is 68.1 Å². The monoisotopic (exact) mass is 369 g/mol. The quantitative estimate of drug-likeness (QED) is 0.823. The van der Waals surface area contributed by atoms with E-state index in [9.17, 15) is 13.2 Å². The number of piperidine rings is 1. The minimum Gasteiger partial charge on any atom is -0.393 e. The van der Waals surface area contributed by atoms with Gasteiger partial charge in [-0.1, -0.05) is 18.3 Å². The van der Waals surface area contributed by atoms with Crippen LogP contribution in [0.15, 0.2) is 18.5 Å². The Bertz CT molecular complexity index is 672. The second kappa shape index (κ2) is 5.91. The van der Waals surface area contributed by atoms with E-state index in [1.807, 2.05) is 12.4 Å². The zero-order valence-corrected chi connectivity index (χ0v) is 14.7. The van der Waals surface area contributed by atoms with Crippen LogP contribution in [0.4, 0.5) is 13.2 Å². The standard InChI is InChI=1S/C18H22F3N3S/c19-18(20,21)10-24-14-3-4-15(24)7-17(6-14,16(22)25)13-5-12(8-23-9-13)11-1-2-11/h5,8-9,11,14-15H,1-4,6-7,10H2,(H2,22,25)/t14-,15+,17+. The number of fused-ring (bicyclic) bond motifs is 2. The Kier molecular flexibility index (Phi) is 4.07. The molecule has 25 heavy (non-hydrogen) atoms. The molecule has 2 aliphatic heterocycles. The molecule has 2 N–H and O–H groups in total. The van der Waals surface area contributed by atoms with E-state index in [2.05, 4.69) is 11.1 Å². The molecule has 3 nitrogen and oxygen atoms in total. The third kappa shape index (κ3) is 3.16. The van der Waals surface area contributed by atoms with Crippen LogP contribution in [0, 0.1) is 0 Å². The fourth-order valence-corrected chi connectivity index (χ4v) is 5.03. The summed E-state index contributed by atoms with van der Waals surface area (Å²) in [7, 11) is 0. The van der Waals surface area contributed by atoms with Crippen LogP contribution in [-0.2, 0) is 5.41 Å². The third-order valence-corrected chi connectivity index (χ3v) is 6.52. The molecule has 136 valence electrons. The fraction of sp³-hybridized carbons (Fsp3) is 0.667. The van der Waals surface area contributed by atoms with Crippen LogP contribution < -0.4 is 5.73 Å². The molecular weight excluding hydrogens is 347 g/mol. The summed E-state index contributed by atoms with van der Waals surface area (Å²) in [5, 5.41) is 0. The summed E-state index contributed by atoms with van der Waals surface area (Å²) in [4.78, 5) is 6.40. The molecule has 0 radical (unpaired) electrons. The average molecular weight is 369 g/mol. The zero-order chi connectivity index (χ0) is 17.8. The van der Waals surface area contributed by atoms with E-state index in [1.165, 1.54) is 18.4 Å². The number of rotatable bonds is 4. The van der Waals surface area contributed by atoms with Crippen molar-refractivity contribution in [2.75, 3.05) is 6.54 Å². The fourth-order valence-electron chi connectivity index (χ4n) is 4.74. The smallest absolute Gasteiger partial charge is 0.393 e. The highest BCUT2D eigenvalue weighted by atomic mass is 32.1. The molecule has 3 atom stereocenters. The third-order valence-electron chi connectivity index (χ3n) is 6.13. The van der Waals surface area contributed by atoms with E-state index in [1.54, 1.807) is 4.90 Å². The van der Waals surface area contributed by atoms with Gasteiger partial charge < -0.3 is 5.73 Å². The number of hydrogen-bond donors (Lipinski definition) is 1. The van der Waals surface area contributed by atoms with Crippen molar-refractivity contribution < 1.29 is 13.2 Å². The minimum absolute atomic E-state index is 0.119. The first kappa shape index (κ1) is 17.2. The largest absolute Gasteiger partial charge is 0.401 e. The van der Waals surface area contributed by atoms with E-state index < -0.39 is 18.1 Å². The van der Waals surface area contributed by atoms with Crippen LogP contribution in [0.5, 0.6) is 0 Å². The zero-order valence-electron chi connectivity index (χ0n) is 13.9. The lowest BCUT2D eigenvalue weighted by Crippen LogP contribution is -2.56. The van der Waals surface area contributed by atoms with Gasteiger partial charge in [0.1, 0.15) is 0 Å². The molecule has 3 heterocycles. The number of nitrogens with zero attached hydrogens (tertiary/aromatic N) is 2. The second-order valence-corrected chi connectivity index (χ2v) is 8.25. The summed E-state index contributed by atoms with van der Waals surface area (Å²) in [6, 6.07) is 1.90. The summed E-state index contributed by atoms with van der Waals surface area (Å²) < 4.78 is 38.8. The van der Waals surface area contributed by atoms with Crippen LogP contribution in [-0.4, -0.2) is 39.7 Å². The van der Waals surface area contributed by atoms with Crippen molar-refractivity contribution in [3.63, 3.8) is 0 Å². The van der Waals surface area contributed by atoms with Crippen LogP contribution >= 0.6 is 12.2 Å². The maximum Gasteiger partial charge on any atom is 0.401 e. The summed E-state index contributed by atoms with van der Waals surface area (Å²) in [5.41, 5.74) is 7.84. The number of nitrogens with two attached hydrogens (primary N) is 1. The average Bonchev–Trinajstić information content (AvgIpc) is 3.35. The van der Waals surface area contributed by atoms with Crippen molar-refractivity contribution in [2.24, 2.45) is 5.73 Å². The van der Waals surface area contributed by atoms with Gasteiger partial charge in [-0.2, -0.15) is 13.2 Å². The highest BCUT2D eigenvalue weighted by molar-refractivity contribution is 7.80. The second-order valence-electron chi connectivity index (χ2n) is 7.81. The van der Waals surface area contributed by atoms with Crippen molar-refractivity contribution in [1.82, 2.24) is 9.88 Å². The Balaban J connectivity index is 1.65. The molecule has 2 bridgehead atoms. The predicted octanol–water partition coefficient (Wildman–Crippen LogP) is 3.67. The molecule has 1 aromatic heterocycles. The molecule has 3 aliphatic rings. The lowest BCUT2D eigenvalue weighted by Gasteiger charge is -2.46. The van der Waals surface area contributed by atoms with Crippen molar-refractivity contribution in [3.8, 4) is 0 Å². The number of alkyl halides is 3. The van der Waals surface area contributed by atoms with E-state index in [0.717, 1.165) is 18.4 Å². The van der Waals surface area contributed by atoms with E-state index in [4.69, 9.17) is 18.0 Å². The van der Waals surface area contributed by atoms with Gasteiger partial charge >= 0.3 is 6.18 Å². The van der Waals surface area contributed by atoms with Crippen molar-refractivity contribution >= 4 is 17.2 Å². The van der Waals surface area contributed by atoms with Gasteiger partial charge in [0.05, 0.1) is 11.5 Å². The summed E-state index contributed by atoms with van der Waals surface area (Å²) in [5.74, 6) is 0.567. The molecule has 2 saturated heterocycles. The first-order valence-electron chi connectivity index (χ1n) is 8.86. The van der Waals surface area contributed by atoms with Gasteiger partial charge in [0.25, 0.3) is 0 Å². The molecule has 0 aromatic carbocycles. The lowest BCUT2D eigenvalue weighted by molar-refractivity contribution is -0.156. The van der Waals surface area contributed by atoms with Crippen molar-refractivity contribution in [3.05, 3.63) is 29.6 Å². The number of pyridine rings is 1. The number of hydrogen-bond acceptors (Lipinski definition) is 3. The van der Waals surface area contributed by atoms with Crippen LogP contribution in [0.1, 0.15) is 55.6 Å². The van der Waals surface area contributed by atoms with Gasteiger partial charge in [-0.3, -0.25) is 9.88 Å². The summed E-state index contributed by atoms with van der Waals surface area (Å²) in [6.07, 6.45) is 4.56. The molecule has 3 fully saturated rings. The molecule has 0 unspecified atom stereocenters.